The van der Waals surface area contributed by atoms with Gasteiger partial charge < -0.3 is 15.3 Å². The number of nitrogens with zero attached hydrogens (tertiary/aromatic N) is 1. The molecule has 2 N–H and O–H groups in total. The maximum Gasteiger partial charge on any atom is 0.0606 e. The first kappa shape index (κ1) is 16.6. The van der Waals surface area contributed by atoms with E-state index in [2.05, 4.69) is 37.1 Å². The van der Waals surface area contributed by atoms with Gasteiger partial charge in [0.15, 0.2) is 0 Å². The lowest BCUT2D eigenvalue weighted by Crippen LogP contribution is -2.43. The van der Waals surface area contributed by atoms with E-state index in [0.29, 0.717) is 12.6 Å². The second-order valence-electron chi connectivity index (χ2n) is 6.88. The Hall–Kier alpha value is -0.770. The third-order valence-corrected chi connectivity index (χ3v) is 4.26. The summed E-state index contributed by atoms with van der Waals surface area (Å²) >= 11 is 6.21. The minimum absolute atomic E-state index is 0.0786. The van der Waals surface area contributed by atoms with Crippen LogP contribution in [-0.2, 0) is 6.54 Å². The van der Waals surface area contributed by atoms with Crippen LogP contribution < -0.4 is 10.2 Å². The zero-order chi connectivity index (χ0) is 15.5. The van der Waals surface area contributed by atoms with Crippen molar-refractivity contribution in [2.24, 2.45) is 0 Å². The molecule has 1 aliphatic rings. The van der Waals surface area contributed by atoms with E-state index in [0.717, 1.165) is 17.3 Å². The zero-order valence-electron chi connectivity index (χ0n) is 13.3. The minimum atomic E-state index is 0.0786. The summed E-state index contributed by atoms with van der Waals surface area (Å²) in [7, 11) is 0. The molecule has 0 aliphatic heterocycles. The summed E-state index contributed by atoms with van der Waals surface area (Å²) in [6.45, 7) is 8.16. The predicted molar refractivity (Wildman–Crippen MR) is 90.1 cm³/mol. The molecule has 0 atom stereocenters. The van der Waals surface area contributed by atoms with E-state index >= 15 is 0 Å². The van der Waals surface area contributed by atoms with Crippen LogP contribution in [0.3, 0.4) is 0 Å². The molecule has 0 heterocycles. The molecular formula is C17H27ClN2O. The molecule has 2 rings (SSSR count). The lowest BCUT2D eigenvalue weighted by Gasteiger charge is -2.40. The van der Waals surface area contributed by atoms with Crippen LogP contribution in [0.2, 0.25) is 5.02 Å². The molecular weight excluding hydrogens is 284 g/mol. The van der Waals surface area contributed by atoms with Gasteiger partial charge in [0.1, 0.15) is 0 Å². The Kier molecular flexibility index (Phi) is 5.53. The first-order valence-corrected chi connectivity index (χ1v) is 8.19. The normalized spacial score (nSPS) is 15.9. The standard InChI is InChI=1S/C17H27ClN2O/c1-17(2,3)19-12-13-7-8-14(18)11-16(13)20(9-10-21)15-5-4-6-15/h7-8,11,15,19,21H,4-6,9-10,12H2,1-3H3. The molecule has 1 aromatic carbocycles. The van der Waals surface area contributed by atoms with Gasteiger partial charge in [-0.3, -0.25) is 0 Å². The summed E-state index contributed by atoms with van der Waals surface area (Å²) in [6.07, 6.45) is 3.69. The Morgan fingerprint density at radius 3 is 2.57 bits per heavy atom. The summed E-state index contributed by atoms with van der Waals surface area (Å²) in [5.74, 6) is 0. The van der Waals surface area contributed by atoms with Gasteiger partial charge in [0.2, 0.25) is 0 Å². The largest absolute Gasteiger partial charge is 0.395 e. The van der Waals surface area contributed by atoms with Crippen molar-refractivity contribution >= 4 is 17.3 Å². The minimum Gasteiger partial charge on any atom is -0.395 e. The van der Waals surface area contributed by atoms with Gasteiger partial charge in [0, 0.05) is 35.4 Å². The van der Waals surface area contributed by atoms with Crippen molar-refractivity contribution in [3.05, 3.63) is 28.8 Å². The number of anilines is 1. The van der Waals surface area contributed by atoms with Gasteiger partial charge in [-0.1, -0.05) is 17.7 Å². The highest BCUT2D eigenvalue weighted by Crippen LogP contribution is 2.33. The van der Waals surface area contributed by atoms with Crippen LogP contribution in [0.15, 0.2) is 18.2 Å². The number of nitrogens with one attached hydrogen (secondary N) is 1. The first-order chi connectivity index (χ1) is 9.90. The molecule has 0 unspecified atom stereocenters. The van der Waals surface area contributed by atoms with Gasteiger partial charge in [-0.15, -0.1) is 0 Å². The van der Waals surface area contributed by atoms with Crippen molar-refractivity contribution in [1.29, 1.82) is 0 Å². The van der Waals surface area contributed by atoms with Gasteiger partial charge in [-0.2, -0.15) is 0 Å². The Morgan fingerprint density at radius 1 is 1.33 bits per heavy atom. The molecule has 0 bridgehead atoms. The Bertz CT molecular complexity index is 466. The third kappa shape index (κ3) is 4.60. The van der Waals surface area contributed by atoms with E-state index in [-0.39, 0.29) is 12.1 Å². The van der Waals surface area contributed by atoms with Gasteiger partial charge in [-0.05, 0) is 57.7 Å². The Labute approximate surface area is 133 Å². The quantitative estimate of drug-likeness (QED) is 0.843. The number of hydrogen-bond donors (Lipinski definition) is 2. The van der Waals surface area contributed by atoms with Gasteiger partial charge in [-0.25, -0.2) is 0 Å². The van der Waals surface area contributed by atoms with Crippen LogP contribution in [-0.4, -0.2) is 29.8 Å². The van der Waals surface area contributed by atoms with Gasteiger partial charge in [0.05, 0.1) is 6.61 Å². The zero-order valence-corrected chi connectivity index (χ0v) is 14.1. The molecule has 1 aliphatic carbocycles. The molecule has 0 saturated heterocycles. The number of halogens is 1. The van der Waals surface area contributed by atoms with Crippen molar-refractivity contribution < 1.29 is 5.11 Å². The smallest absolute Gasteiger partial charge is 0.0606 e. The van der Waals surface area contributed by atoms with Crippen LogP contribution in [0.4, 0.5) is 5.69 Å². The van der Waals surface area contributed by atoms with Crippen LogP contribution in [0, 0.1) is 0 Å². The van der Waals surface area contributed by atoms with Crippen molar-refractivity contribution in [2.75, 3.05) is 18.1 Å². The number of rotatable bonds is 6. The van der Waals surface area contributed by atoms with Crippen molar-refractivity contribution in [2.45, 2.75) is 58.2 Å². The highest BCUT2D eigenvalue weighted by atomic mass is 35.5. The van der Waals surface area contributed by atoms with E-state index in [1.807, 2.05) is 12.1 Å². The first-order valence-electron chi connectivity index (χ1n) is 7.81. The molecule has 0 aromatic heterocycles. The van der Waals surface area contributed by atoms with Crippen molar-refractivity contribution in [3.8, 4) is 0 Å². The average Bonchev–Trinajstić information content (AvgIpc) is 2.33. The maximum absolute atomic E-state index is 9.40. The molecule has 1 saturated carbocycles. The fourth-order valence-corrected chi connectivity index (χ4v) is 2.79. The summed E-state index contributed by atoms with van der Waals surface area (Å²) in [5.41, 5.74) is 2.49. The van der Waals surface area contributed by atoms with Crippen molar-refractivity contribution in [3.63, 3.8) is 0 Å². The maximum atomic E-state index is 9.40. The van der Waals surface area contributed by atoms with E-state index < -0.39 is 0 Å². The Balaban J connectivity index is 2.23. The molecule has 1 aromatic rings. The highest BCUT2D eigenvalue weighted by Gasteiger charge is 2.26. The highest BCUT2D eigenvalue weighted by molar-refractivity contribution is 6.30. The molecule has 3 nitrogen and oxygen atoms in total. The van der Waals surface area contributed by atoms with Crippen LogP contribution in [0.5, 0.6) is 0 Å². The van der Waals surface area contributed by atoms with E-state index in [1.54, 1.807) is 0 Å². The monoisotopic (exact) mass is 310 g/mol. The predicted octanol–water partition coefficient (Wildman–Crippen LogP) is 3.58. The van der Waals surface area contributed by atoms with Crippen LogP contribution in [0.25, 0.3) is 0 Å². The van der Waals surface area contributed by atoms with Crippen LogP contribution in [0.1, 0.15) is 45.6 Å². The molecule has 21 heavy (non-hydrogen) atoms. The lowest BCUT2D eigenvalue weighted by atomic mass is 9.90. The number of hydrogen-bond acceptors (Lipinski definition) is 3. The molecule has 0 spiro atoms. The van der Waals surface area contributed by atoms with E-state index in [9.17, 15) is 5.11 Å². The molecule has 4 heteroatoms. The topological polar surface area (TPSA) is 35.5 Å². The molecule has 1 fully saturated rings. The molecule has 0 radical (unpaired) electrons. The number of benzene rings is 1. The van der Waals surface area contributed by atoms with Crippen LogP contribution >= 0.6 is 11.6 Å². The van der Waals surface area contributed by atoms with Gasteiger partial charge >= 0.3 is 0 Å². The Morgan fingerprint density at radius 2 is 2.05 bits per heavy atom. The van der Waals surface area contributed by atoms with Crippen molar-refractivity contribution in [1.82, 2.24) is 5.32 Å². The van der Waals surface area contributed by atoms with E-state index in [1.165, 1.54) is 24.8 Å². The summed E-state index contributed by atoms with van der Waals surface area (Å²) in [6, 6.07) is 6.63. The fraction of sp³-hybridized carbons (Fsp3) is 0.647. The summed E-state index contributed by atoms with van der Waals surface area (Å²) in [5, 5.41) is 13.7. The lowest BCUT2D eigenvalue weighted by molar-refractivity contribution is 0.283. The third-order valence-electron chi connectivity index (χ3n) is 4.02. The molecule has 0 amide bonds. The van der Waals surface area contributed by atoms with Gasteiger partial charge in [0.25, 0.3) is 0 Å². The molecule has 118 valence electrons. The second kappa shape index (κ2) is 6.99. The average molecular weight is 311 g/mol. The second-order valence-corrected chi connectivity index (χ2v) is 7.31. The number of aliphatic hydroxyl groups is 1. The number of aliphatic hydroxyl groups excluding tert-OH is 1. The fourth-order valence-electron chi connectivity index (χ4n) is 2.62. The van der Waals surface area contributed by atoms with E-state index in [4.69, 9.17) is 11.6 Å². The SMILES string of the molecule is CC(C)(C)NCc1ccc(Cl)cc1N(CCO)C1CCC1. The summed E-state index contributed by atoms with van der Waals surface area (Å²) in [4.78, 5) is 2.33. The summed E-state index contributed by atoms with van der Waals surface area (Å²) < 4.78 is 0.